The normalized spacial score (nSPS) is 24.3. The van der Waals surface area contributed by atoms with Crippen LogP contribution in [0.3, 0.4) is 0 Å². The quantitative estimate of drug-likeness (QED) is 0.805. The topological polar surface area (TPSA) is 68.2 Å². The molecule has 0 aromatic carbocycles. The Morgan fingerprint density at radius 1 is 1.19 bits per heavy atom. The van der Waals surface area contributed by atoms with Crippen molar-refractivity contribution in [1.29, 1.82) is 0 Å². The van der Waals surface area contributed by atoms with Crippen LogP contribution >= 0.6 is 0 Å². The summed E-state index contributed by atoms with van der Waals surface area (Å²) >= 11 is 0. The Labute approximate surface area is 122 Å². The highest BCUT2D eigenvalue weighted by atomic mass is 16.6. The minimum Gasteiger partial charge on any atom is -0.390 e. The molecule has 2 fully saturated rings. The predicted octanol–water partition coefficient (Wildman–Crippen LogP) is 2.54. The van der Waals surface area contributed by atoms with Crippen LogP contribution in [-0.4, -0.2) is 38.0 Å². The van der Waals surface area contributed by atoms with Crippen molar-refractivity contribution in [3.63, 3.8) is 0 Å². The minimum atomic E-state index is -0.286. The fourth-order valence-corrected chi connectivity index (χ4v) is 3.51. The fraction of sp³-hybridized carbons (Fsp3) is 0.467. The van der Waals surface area contributed by atoms with Crippen molar-refractivity contribution in [2.24, 2.45) is 0 Å². The number of carbonyl (C=O) groups is 1. The minimum absolute atomic E-state index is 0.286. The zero-order valence-electron chi connectivity index (χ0n) is 11.6. The van der Waals surface area contributed by atoms with Gasteiger partial charge in [-0.1, -0.05) is 0 Å². The molecule has 2 aromatic rings. The van der Waals surface area contributed by atoms with E-state index >= 15 is 0 Å². The summed E-state index contributed by atoms with van der Waals surface area (Å²) in [5.74, 6) is 0.295. The molecule has 2 aromatic heterocycles. The van der Waals surface area contributed by atoms with Crippen molar-refractivity contribution in [3.05, 3.63) is 24.8 Å². The molecule has 6 heteroatoms. The third-order valence-electron chi connectivity index (χ3n) is 4.49. The number of hydrogen-bond donors (Lipinski definition) is 0. The first-order valence-electron chi connectivity index (χ1n) is 7.38. The van der Waals surface area contributed by atoms with Crippen molar-refractivity contribution >= 4 is 17.0 Å². The first kappa shape index (κ1) is 12.5. The molecule has 4 heterocycles. The van der Waals surface area contributed by atoms with E-state index in [0.29, 0.717) is 23.3 Å². The molecule has 4 rings (SSSR count). The van der Waals surface area contributed by atoms with Gasteiger partial charge in [0.1, 0.15) is 6.33 Å². The Hall–Kier alpha value is -2.24. The third kappa shape index (κ3) is 2.11. The van der Waals surface area contributed by atoms with Crippen LogP contribution in [0.1, 0.15) is 32.1 Å². The molecule has 1 amide bonds. The fourth-order valence-electron chi connectivity index (χ4n) is 3.51. The summed E-state index contributed by atoms with van der Waals surface area (Å²) in [6.07, 6.45) is 9.96. The second-order valence-corrected chi connectivity index (χ2v) is 5.66. The average Bonchev–Trinajstić information content (AvgIpc) is 2.77. The summed E-state index contributed by atoms with van der Waals surface area (Å²) in [5, 5.41) is 0.665. The number of piperidine rings is 1. The highest BCUT2D eigenvalue weighted by Crippen LogP contribution is 2.36. The van der Waals surface area contributed by atoms with E-state index in [1.54, 1.807) is 18.5 Å². The lowest BCUT2D eigenvalue weighted by molar-refractivity contribution is 0.108. The van der Waals surface area contributed by atoms with Crippen LogP contribution in [0, 0.1) is 0 Å². The van der Waals surface area contributed by atoms with Crippen LogP contribution in [0.4, 0.5) is 4.79 Å². The summed E-state index contributed by atoms with van der Waals surface area (Å²) in [4.78, 5) is 26.7. The second-order valence-electron chi connectivity index (χ2n) is 5.66. The van der Waals surface area contributed by atoms with Gasteiger partial charge in [0.25, 0.3) is 0 Å². The standard InChI is InChI=1S/C15H16N4O2/c20-15(19-10-2-1-3-11(19)5-4-10)21-14-12-8-16-7-6-13(12)17-9-18-14/h6-11H,1-5H2. The lowest BCUT2D eigenvalue weighted by Crippen LogP contribution is -2.45. The lowest BCUT2D eigenvalue weighted by Gasteiger charge is -2.33. The van der Waals surface area contributed by atoms with Crippen LogP contribution < -0.4 is 4.74 Å². The predicted molar refractivity (Wildman–Crippen MR) is 75.9 cm³/mol. The summed E-state index contributed by atoms with van der Waals surface area (Å²) in [6, 6.07) is 2.45. The number of hydrogen-bond acceptors (Lipinski definition) is 5. The van der Waals surface area contributed by atoms with E-state index in [-0.39, 0.29) is 6.09 Å². The molecule has 0 N–H and O–H groups in total. The maximum Gasteiger partial charge on any atom is 0.417 e. The molecule has 108 valence electrons. The second kappa shape index (κ2) is 4.95. The SMILES string of the molecule is O=C(Oc1ncnc2ccncc12)N1C2CCCC1CC2. The van der Waals surface area contributed by atoms with Gasteiger partial charge in [-0.3, -0.25) is 4.98 Å². The zero-order valence-corrected chi connectivity index (χ0v) is 11.6. The summed E-state index contributed by atoms with van der Waals surface area (Å²) in [7, 11) is 0. The van der Waals surface area contributed by atoms with E-state index in [1.807, 2.05) is 4.90 Å². The molecular formula is C15H16N4O2. The van der Waals surface area contributed by atoms with Crippen molar-refractivity contribution < 1.29 is 9.53 Å². The number of aromatic nitrogens is 3. The number of fused-ring (bicyclic) bond motifs is 3. The maximum atomic E-state index is 12.5. The van der Waals surface area contributed by atoms with Crippen LogP contribution in [0.15, 0.2) is 24.8 Å². The zero-order chi connectivity index (χ0) is 14.2. The molecule has 6 nitrogen and oxygen atoms in total. The third-order valence-corrected chi connectivity index (χ3v) is 4.49. The highest BCUT2D eigenvalue weighted by molar-refractivity contribution is 5.84. The van der Waals surface area contributed by atoms with E-state index < -0.39 is 0 Å². The van der Waals surface area contributed by atoms with Gasteiger partial charge in [0.15, 0.2) is 0 Å². The van der Waals surface area contributed by atoms with Gasteiger partial charge in [-0.25, -0.2) is 14.8 Å². The molecule has 0 saturated carbocycles. The number of rotatable bonds is 1. The summed E-state index contributed by atoms with van der Waals surface area (Å²) in [6.45, 7) is 0. The molecule has 0 aliphatic carbocycles. The largest absolute Gasteiger partial charge is 0.417 e. The highest BCUT2D eigenvalue weighted by Gasteiger charge is 2.40. The Morgan fingerprint density at radius 3 is 2.81 bits per heavy atom. The number of nitrogens with zero attached hydrogens (tertiary/aromatic N) is 4. The first-order chi connectivity index (χ1) is 10.3. The molecule has 2 atom stereocenters. The molecule has 2 aliphatic rings. The van der Waals surface area contributed by atoms with Gasteiger partial charge in [-0.15, -0.1) is 0 Å². The van der Waals surface area contributed by atoms with Gasteiger partial charge in [0.2, 0.25) is 5.88 Å². The molecule has 2 unspecified atom stereocenters. The van der Waals surface area contributed by atoms with Crippen molar-refractivity contribution in [1.82, 2.24) is 19.9 Å². The summed E-state index contributed by atoms with van der Waals surface area (Å²) in [5.41, 5.74) is 0.726. The van der Waals surface area contributed by atoms with E-state index in [1.165, 1.54) is 12.7 Å². The van der Waals surface area contributed by atoms with Gasteiger partial charge in [-0.05, 0) is 38.2 Å². The van der Waals surface area contributed by atoms with Gasteiger partial charge >= 0.3 is 6.09 Å². The van der Waals surface area contributed by atoms with Crippen LogP contribution in [-0.2, 0) is 0 Å². The van der Waals surface area contributed by atoms with Gasteiger partial charge in [0.05, 0.1) is 10.9 Å². The summed E-state index contributed by atoms with van der Waals surface area (Å²) < 4.78 is 5.54. The van der Waals surface area contributed by atoms with Crippen molar-refractivity contribution in [2.75, 3.05) is 0 Å². The van der Waals surface area contributed by atoms with Crippen LogP contribution in [0.5, 0.6) is 5.88 Å². The van der Waals surface area contributed by atoms with Crippen molar-refractivity contribution in [2.45, 2.75) is 44.2 Å². The van der Waals surface area contributed by atoms with E-state index in [2.05, 4.69) is 15.0 Å². The monoisotopic (exact) mass is 284 g/mol. The average molecular weight is 284 g/mol. The van der Waals surface area contributed by atoms with Crippen molar-refractivity contribution in [3.8, 4) is 5.88 Å². The Bertz CT molecular complexity index is 669. The number of amides is 1. The molecule has 2 aliphatic heterocycles. The van der Waals surface area contributed by atoms with E-state index in [9.17, 15) is 4.79 Å². The molecule has 0 radical (unpaired) electrons. The molecule has 2 saturated heterocycles. The molecule has 2 bridgehead atoms. The Morgan fingerprint density at radius 2 is 2.00 bits per heavy atom. The smallest absolute Gasteiger partial charge is 0.390 e. The maximum absolute atomic E-state index is 12.5. The van der Waals surface area contributed by atoms with E-state index in [0.717, 1.165) is 31.2 Å². The number of pyridine rings is 1. The number of carbonyl (C=O) groups excluding carboxylic acids is 1. The Kier molecular flexibility index (Phi) is 2.94. The van der Waals surface area contributed by atoms with Crippen LogP contribution in [0.25, 0.3) is 10.9 Å². The van der Waals surface area contributed by atoms with Gasteiger partial charge < -0.3 is 9.64 Å². The number of ether oxygens (including phenoxy) is 1. The van der Waals surface area contributed by atoms with Gasteiger partial charge in [-0.2, -0.15) is 0 Å². The lowest BCUT2D eigenvalue weighted by atomic mass is 10.0. The Balaban J connectivity index is 1.61. The van der Waals surface area contributed by atoms with Gasteiger partial charge in [0, 0.05) is 24.5 Å². The molecule has 21 heavy (non-hydrogen) atoms. The first-order valence-corrected chi connectivity index (χ1v) is 7.38. The molecular weight excluding hydrogens is 268 g/mol. The molecule has 0 spiro atoms. The van der Waals surface area contributed by atoms with E-state index in [4.69, 9.17) is 4.74 Å². The van der Waals surface area contributed by atoms with Crippen LogP contribution in [0.2, 0.25) is 0 Å².